The highest BCUT2D eigenvalue weighted by atomic mass is 79.9. The molecule has 2 amide bonds. The number of carbonyl (C=O) groups is 2. The maximum atomic E-state index is 12.8. The molecule has 3 fully saturated rings. The van der Waals surface area contributed by atoms with Gasteiger partial charge in [-0.2, -0.15) is 0 Å². The largest absolute Gasteiger partial charge is 0.443 e. The van der Waals surface area contributed by atoms with Gasteiger partial charge in [-0.3, -0.25) is 0 Å². The van der Waals surface area contributed by atoms with Crippen LogP contribution < -0.4 is 5.43 Å². The molecule has 6 nitrogen and oxygen atoms in total. The van der Waals surface area contributed by atoms with E-state index in [4.69, 9.17) is 9.47 Å². The van der Waals surface area contributed by atoms with Crippen LogP contribution in [-0.4, -0.2) is 33.9 Å². The van der Waals surface area contributed by atoms with E-state index in [0.717, 1.165) is 23.7 Å². The second kappa shape index (κ2) is 6.65. The van der Waals surface area contributed by atoms with E-state index in [-0.39, 0.29) is 5.41 Å². The summed E-state index contributed by atoms with van der Waals surface area (Å²) in [7, 11) is 0. The molecule has 0 atom stereocenters. The fourth-order valence-corrected chi connectivity index (χ4v) is 4.40. The molecule has 0 unspecified atom stereocenters. The van der Waals surface area contributed by atoms with Crippen LogP contribution in [0, 0.1) is 0 Å². The first-order chi connectivity index (χ1) is 12.7. The Morgan fingerprint density at radius 1 is 0.964 bits per heavy atom. The first kappa shape index (κ1) is 21.0. The van der Waals surface area contributed by atoms with Gasteiger partial charge in [0.1, 0.15) is 11.2 Å². The molecule has 0 heterocycles. The molecule has 0 radical (unpaired) electrons. The Bertz CT molecular complexity index is 757. The zero-order valence-electron chi connectivity index (χ0n) is 17.4. The highest BCUT2D eigenvalue weighted by Gasteiger charge is 2.72. The van der Waals surface area contributed by atoms with E-state index in [1.54, 1.807) is 20.8 Å². The number of carbonyl (C=O) groups excluding carboxylic acids is 2. The maximum Gasteiger partial charge on any atom is 0.429 e. The molecule has 3 saturated carbocycles. The van der Waals surface area contributed by atoms with Crippen molar-refractivity contribution in [3.8, 4) is 0 Å². The van der Waals surface area contributed by atoms with Gasteiger partial charge in [-0.1, -0.05) is 28.1 Å². The lowest BCUT2D eigenvalue weighted by Gasteiger charge is -2.72. The quantitative estimate of drug-likeness (QED) is 0.618. The molecule has 0 aliphatic heterocycles. The van der Waals surface area contributed by atoms with Crippen molar-refractivity contribution in [1.82, 2.24) is 10.4 Å². The summed E-state index contributed by atoms with van der Waals surface area (Å²) in [6.45, 7) is 10.8. The molecule has 7 heteroatoms. The predicted octanol–water partition coefficient (Wildman–Crippen LogP) is 5.30. The Morgan fingerprint density at radius 3 is 1.93 bits per heavy atom. The van der Waals surface area contributed by atoms with E-state index < -0.39 is 28.9 Å². The van der Waals surface area contributed by atoms with Crippen LogP contribution in [0.15, 0.2) is 28.7 Å². The molecule has 1 aromatic rings. The Labute approximate surface area is 175 Å². The average Bonchev–Trinajstić information content (AvgIpc) is 2.41. The maximum absolute atomic E-state index is 12.8. The fraction of sp³-hybridized carbons (Fsp3) is 0.619. The van der Waals surface area contributed by atoms with Crippen molar-refractivity contribution in [2.75, 3.05) is 0 Å². The van der Waals surface area contributed by atoms with Gasteiger partial charge in [-0.05, 0) is 78.5 Å². The van der Waals surface area contributed by atoms with Crippen molar-refractivity contribution >= 4 is 28.1 Å². The molecule has 1 N–H and O–H groups in total. The number of nitrogens with one attached hydrogen (secondary N) is 1. The van der Waals surface area contributed by atoms with Crippen molar-refractivity contribution in [2.24, 2.45) is 0 Å². The van der Waals surface area contributed by atoms with E-state index in [9.17, 15) is 9.59 Å². The Kier molecular flexibility index (Phi) is 4.97. The highest BCUT2D eigenvalue weighted by Crippen LogP contribution is 2.70. The number of hydrogen-bond donors (Lipinski definition) is 1. The number of ether oxygens (including phenoxy) is 2. The zero-order chi connectivity index (χ0) is 21.0. The van der Waals surface area contributed by atoms with E-state index in [2.05, 4.69) is 33.5 Å². The molecule has 2 bridgehead atoms. The molecular weight excluding hydrogens is 424 g/mol. The van der Waals surface area contributed by atoms with Crippen LogP contribution in [0.1, 0.15) is 66.4 Å². The van der Waals surface area contributed by atoms with E-state index in [0.29, 0.717) is 0 Å². The van der Waals surface area contributed by atoms with Gasteiger partial charge in [0, 0.05) is 9.89 Å². The van der Waals surface area contributed by atoms with Gasteiger partial charge in [0.25, 0.3) is 0 Å². The number of hydrazine groups is 1. The Morgan fingerprint density at radius 2 is 1.46 bits per heavy atom. The molecule has 1 aromatic carbocycles. The summed E-state index contributed by atoms with van der Waals surface area (Å²) in [5.74, 6) is 0. The van der Waals surface area contributed by atoms with Gasteiger partial charge in [-0.15, -0.1) is 0 Å². The van der Waals surface area contributed by atoms with Gasteiger partial charge < -0.3 is 9.47 Å². The molecule has 28 heavy (non-hydrogen) atoms. The summed E-state index contributed by atoms with van der Waals surface area (Å²) in [6.07, 6.45) is 1.16. The van der Waals surface area contributed by atoms with Gasteiger partial charge >= 0.3 is 12.2 Å². The Balaban J connectivity index is 1.75. The standard InChI is InChI=1S/C21H29BrN2O4/c1-18(2,3)27-16(25)23-24(17(26)28-19(4,5)6)21-11-20(12-21,13-21)14-7-9-15(22)10-8-14/h7-10H,11-13H2,1-6H3,(H,23,25). The minimum Gasteiger partial charge on any atom is -0.443 e. The van der Waals surface area contributed by atoms with Crippen LogP contribution in [0.3, 0.4) is 0 Å². The van der Waals surface area contributed by atoms with Gasteiger partial charge in [-0.25, -0.2) is 20.0 Å². The van der Waals surface area contributed by atoms with Crippen LogP contribution in [-0.2, 0) is 14.9 Å². The first-order valence-corrected chi connectivity index (χ1v) is 10.3. The molecule has 0 spiro atoms. The third-order valence-electron chi connectivity index (χ3n) is 5.11. The summed E-state index contributed by atoms with van der Waals surface area (Å²) in [6, 6.07) is 8.30. The van der Waals surface area contributed by atoms with Crippen molar-refractivity contribution in [2.45, 2.75) is 83.0 Å². The molecule has 154 valence electrons. The predicted molar refractivity (Wildman–Crippen MR) is 110 cm³/mol. The number of benzene rings is 1. The van der Waals surface area contributed by atoms with E-state index in [1.165, 1.54) is 10.6 Å². The molecule has 4 rings (SSSR count). The number of halogens is 1. The SMILES string of the molecule is CC(C)(C)OC(=O)NN(C(=O)OC(C)(C)C)C12CC(c3ccc(Br)cc3)(C1)C2. The summed E-state index contributed by atoms with van der Waals surface area (Å²) < 4.78 is 11.9. The smallest absolute Gasteiger partial charge is 0.429 e. The zero-order valence-corrected chi connectivity index (χ0v) is 19.0. The average molecular weight is 453 g/mol. The molecule has 0 saturated heterocycles. The van der Waals surface area contributed by atoms with E-state index >= 15 is 0 Å². The van der Waals surface area contributed by atoms with Crippen LogP contribution in [0.4, 0.5) is 9.59 Å². The van der Waals surface area contributed by atoms with Crippen molar-refractivity contribution in [3.63, 3.8) is 0 Å². The molecular formula is C21H29BrN2O4. The van der Waals surface area contributed by atoms with Crippen molar-refractivity contribution in [1.29, 1.82) is 0 Å². The Hall–Kier alpha value is -1.76. The van der Waals surface area contributed by atoms with Gasteiger partial charge in [0.15, 0.2) is 0 Å². The monoisotopic (exact) mass is 452 g/mol. The summed E-state index contributed by atoms with van der Waals surface area (Å²) in [5.41, 5.74) is 2.24. The number of nitrogens with zero attached hydrogens (tertiary/aromatic N) is 1. The molecule has 0 aromatic heterocycles. The van der Waals surface area contributed by atoms with E-state index in [1.807, 2.05) is 32.9 Å². The lowest BCUT2D eigenvalue weighted by atomic mass is 9.37. The number of rotatable bonds is 2. The lowest BCUT2D eigenvalue weighted by molar-refractivity contribution is -0.177. The number of hydrogen-bond acceptors (Lipinski definition) is 4. The summed E-state index contributed by atoms with van der Waals surface area (Å²) in [5, 5.41) is 1.35. The second-order valence-corrected chi connectivity index (χ2v) is 10.9. The second-order valence-electron chi connectivity index (χ2n) is 9.97. The summed E-state index contributed by atoms with van der Waals surface area (Å²) in [4.78, 5) is 25.2. The highest BCUT2D eigenvalue weighted by molar-refractivity contribution is 9.10. The van der Waals surface area contributed by atoms with Crippen LogP contribution >= 0.6 is 15.9 Å². The van der Waals surface area contributed by atoms with Crippen molar-refractivity contribution in [3.05, 3.63) is 34.3 Å². The van der Waals surface area contributed by atoms with Gasteiger partial charge in [0.05, 0.1) is 5.54 Å². The fourth-order valence-electron chi connectivity index (χ4n) is 4.14. The third-order valence-corrected chi connectivity index (χ3v) is 5.64. The van der Waals surface area contributed by atoms with Crippen molar-refractivity contribution < 1.29 is 19.1 Å². The lowest BCUT2D eigenvalue weighted by Crippen LogP contribution is -2.80. The summed E-state index contributed by atoms with van der Waals surface area (Å²) >= 11 is 3.47. The first-order valence-electron chi connectivity index (χ1n) is 9.53. The van der Waals surface area contributed by atoms with Gasteiger partial charge in [0.2, 0.25) is 0 Å². The number of amides is 2. The molecule has 3 aliphatic carbocycles. The van der Waals surface area contributed by atoms with Crippen LogP contribution in [0.25, 0.3) is 0 Å². The van der Waals surface area contributed by atoms with Crippen LogP contribution in [0.2, 0.25) is 0 Å². The normalized spacial score (nSPS) is 25.8. The minimum absolute atomic E-state index is 0.0660. The molecule has 3 aliphatic rings. The third kappa shape index (κ3) is 4.14. The van der Waals surface area contributed by atoms with Crippen LogP contribution in [0.5, 0.6) is 0 Å². The minimum atomic E-state index is -0.655. The topological polar surface area (TPSA) is 67.9 Å².